The molecule has 4 nitrogen and oxygen atoms in total. The van der Waals surface area contributed by atoms with Crippen molar-refractivity contribution < 1.29 is 9.90 Å². The summed E-state index contributed by atoms with van der Waals surface area (Å²) in [5.41, 5.74) is 0.626. The molecule has 1 aromatic heterocycles. The van der Waals surface area contributed by atoms with Gasteiger partial charge in [0.1, 0.15) is 0 Å². The van der Waals surface area contributed by atoms with Gasteiger partial charge in [0.15, 0.2) is 0 Å². The molecule has 0 fully saturated rings. The van der Waals surface area contributed by atoms with E-state index in [1.807, 2.05) is 13.2 Å². The zero-order valence-electron chi connectivity index (χ0n) is 10.1. The first-order chi connectivity index (χ1) is 8.17. The molecule has 0 bridgehead atoms. The van der Waals surface area contributed by atoms with Crippen LogP contribution in [0.1, 0.15) is 23.7 Å². The highest BCUT2D eigenvalue weighted by atomic mass is 32.2. The second kappa shape index (κ2) is 7.29. The van der Waals surface area contributed by atoms with Gasteiger partial charge in [-0.3, -0.25) is 4.79 Å². The van der Waals surface area contributed by atoms with E-state index in [9.17, 15) is 4.79 Å². The lowest BCUT2D eigenvalue weighted by Crippen LogP contribution is -2.28. The summed E-state index contributed by atoms with van der Waals surface area (Å²) in [4.78, 5) is 15.9. The fourth-order valence-corrected chi connectivity index (χ4v) is 1.76. The van der Waals surface area contributed by atoms with Crippen molar-refractivity contribution >= 4 is 17.7 Å². The van der Waals surface area contributed by atoms with Crippen molar-refractivity contribution in [3.8, 4) is 0 Å². The summed E-state index contributed by atoms with van der Waals surface area (Å²) in [6, 6.07) is 3.47. The Kier molecular flexibility index (Phi) is 6.00. The van der Waals surface area contributed by atoms with E-state index >= 15 is 0 Å². The third kappa shape index (κ3) is 4.75. The van der Waals surface area contributed by atoms with E-state index in [4.69, 9.17) is 5.11 Å². The molecule has 17 heavy (non-hydrogen) atoms. The Balaban J connectivity index is 2.51. The highest BCUT2D eigenvalue weighted by molar-refractivity contribution is 7.98. The molecule has 1 heterocycles. The molecule has 5 heteroatoms. The van der Waals surface area contributed by atoms with E-state index in [1.165, 1.54) is 11.8 Å². The summed E-state index contributed by atoms with van der Waals surface area (Å²) in [6.45, 7) is 2.73. The molecule has 0 aliphatic carbocycles. The Hall–Kier alpha value is -1.07. The Morgan fingerprint density at radius 1 is 1.65 bits per heavy atom. The maximum absolute atomic E-state index is 11.8. The largest absolute Gasteiger partial charge is 0.396 e. The summed E-state index contributed by atoms with van der Waals surface area (Å²) in [7, 11) is 0. The highest BCUT2D eigenvalue weighted by Crippen LogP contribution is 2.12. The molecule has 94 valence electrons. The monoisotopic (exact) mass is 254 g/mol. The van der Waals surface area contributed by atoms with Crippen molar-refractivity contribution in [1.82, 2.24) is 10.3 Å². The summed E-state index contributed by atoms with van der Waals surface area (Å²) in [6.07, 6.45) is 4.26. The van der Waals surface area contributed by atoms with E-state index in [1.54, 1.807) is 18.3 Å². The number of aliphatic hydroxyl groups excluding tert-OH is 1. The lowest BCUT2D eigenvalue weighted by Gasteiger charge is -2.11. The van der Waals surface area contributed by atoms with E-state index in [0.717, 1.165) is 5.03 Å². The number of aromatic nitrogens is 1. The molecular formula is C12H18N2O2S. The molecule has 0 radical (unpaired) electrons. The highest BCUT2D eigenvalue weighted by Gasteiger charge is 2.08. The third-order valence-corrected chi connectivity index (χ3v) is 3.08. The van der Waals surface area contributed by atoms with Crippen molar-refractivity contribution in [2.45, 2.75) is 18.4 Å². The Morgan fingerprint density at radius 3 is 3.06 bits per heavy atom. The molecular weight excluding hydrogens is 236 g/mol. The van der Waals surface area contributed by atoms with Crippen LogP contribution in [-0.4, -0.2) is 35.4 Å². The second-order valence-corrected chi connectivity index (χ2v) is 4.74. The zero-order chi connectivity index (χ0) is 12.7. The number of rotatable bonds is 6. The molecule has 1 atom stereocenters. The van der Waals surface area contributed by atoms with Crippen LogP contribution in [0.15, 0.2) is 23.4 Å². The van der Waals surface area contributed by atoms with Gasteiger partial charge >= 0.3 is 0 Å². The normalized spacial score (nSPS) is 12.2. The van der Waals surface area contributed by atoms with Crippen molar-refractivity contribution in [1.29, 1.82) is 0 Å². The minimum atomic E-state index is -0.0903. The number of nitrogens with zero attached hydrogens (tertiary/aromatic N) is 1. The van der Waals surface area contributed by atoms with E-state index in [-0.39, 0.29) is 18.4 Å². The topological polar surface area (TPSA) is 62.2 Å². The van der Waals surface area contributed by atoms with E-state index in [2.05, 4.69) is 10.3 Å². The van der Waals surface area contributed by atoms with Gasteiger partial charge in [0.05, 0.1) is 5.03 Å². The minimum Gasteiger partial charge on any atom is -0.396 e. The SMILES string of the molecule is CSc1cc(C(=O)NCC(C)CCO)ccn1. The maximum atomic E-state index is 11.8. The van der Waals surface area contributed by atoms with Gasteiger partial charge in [0.2, 0.25) is 0 Å². The van der Waals surface area contributed by atoms with Gasteiger partial charge in [-0.2, -0.15) is 0 Å². The average Bonchev–Trinajstić information content (AvgIpc) is 2.36. The van der Waals surface area contributed by atoms with Crippen molar-refractivity contribution in [2.75, 3.05) is 19.4 Å². The number of carbonyl (C=O) groups is 1. The third-order valence-electron chi connectivity index (χ3n) is 2.44. The van der Waals surface area contributed by atoms with Gasteiger partial charge in [-0.15, -0.1) is 11.8 Å². The number of nitrogens with one attached hydrogen (secondary N) is 1. The first kappa shape index (κ1) is 14.0. The van der Waals surface area contributed by atoms with Crippen LogP contribution in [0.25, 0.3) is 0 Å². The van der Waals surface area contributed by atoms with Crippen LogP contribution in [-0.2, 0) is 0 Å². The number of aliphatic hydroxyl groups is 1. The Morgan fingerprint density at radius 2 is 2.41 bits per heavy atom. The summed E-state index contributed by atoms with van der Waals surface area (Å²) >= 11 is 1.51. The van der Waals surface area contributed by atoms with Crippen molar-refractivity contribution in [3.63, 3.8) is 0 Å². The van der Waals surface area contributed by atoms with Gasteiger partial charge in [-0.1, -0.05) is 6.92 Å². The summed E-state index contributed by atoms with van der Waals surface area (Å²) in [5, 5.41) is 12.4. The number of pyridine rings is 1. The summed E-state index contributed by atoms with van der Waals surface area (Å²) in [5.74, 6) is 0.193. The molecule has 1 aromatic rings. The second-order valence-electron chi connectivity index (χ2n) is 3.91. The standard InChI is InChI=1S/C12H18N2O2S/c1-9(4-6-15)8-14-12(16)10-3-5-13-11(7-10)17-2/h3,5,7,9,15H,4,6,8H2,1-2H3,(H,14,16). The average molecular weight is 254 g/mol. The summed E-state index contributed by atoms with van der Waals surface area (Å²) < 4.78 is 0. The molecule has 2 N–H and O–H groups in total. The van der Waals surface area contributed by atoms with Gasteiger partial charge in [-0.05, 0) is 30.7 Å². The first-order valence-electron chi connectivity index (χ1n) is 5.56. The minimum absolute atomic E-state index is 0.0903. The molecule has 0 saturated heterocycles. The maximum Gasteiger partial charge on any atom is 0.251 e. The quantitative estimate of drug-likeness (QED) is 0.756. The fraction of sp³-hybridized carbons (Fsp3) is 0.500. The Labute approximate surface area is 106 Å². The lowest BCUT2D eigenvalue weighted by molar-refractivity contribution is 0.0945. The number of thioether (sulfide) groups is 1. The number of amides is 1. The van der Waals surface area contributed by atoms with Crippen LogP contribution in [0.2, 0.25) is 0 Å². The van der Waals surface area contributed by atoms with Crippen LogP contribution in [0.3, 0.4) is 0 Å². The van der Waals surface area contributed by atoms with Crippen LogP contribution in [0.5, 0.6) is 0 Å². The molecule has 0 aliphatic rings. The van der Waals surface area contributed by atoms with Crippen LogP contribution in [0.4, 0.5) is 0 Å². The van der Waals surface area contributed by atoms with Gasteiger partial charge in [-0.25, -0.2) is 4.98 Å². The molecule has 0 saturated carbocycles. The lowest BCUT2D eigenvalue weighted by atomic mass is 10.1. The van der Waals surface area contributed by atoms with E-state index < -0.39 is 0 Å². The molecule has 1 rings (SSSR count). The predicted molar refractivity (Wildman–Crippen MR) is 69.2 cm³/mol. The van der Waals surface area contributed by atoms with Crippen LogP contribution < -0.4 is 5.32 Å². The molecule has 1 amide bonds. The van der Waals surface area contributed by atoms with Crippen LogP contribution in [0, 0.1) is 5.92 Å². The zero-order valence-corrected chi connectivity index (χ0v) is 11.0. The van der Waals surface area contributed by atoms with Crippen molar-refractivity contribution in [3.05, 3.63) is 23.9 Å². The van der Waals surface area contributed by atoms with E-state index in [0.29, 0.717) is 18.5 Å². The fourth-order valence-electron chi connectivity index (χ4n) is 1.35. The number of hydrogen-bond donors (Lipinski definition) is 2. The molecule has 0 spiro atoms. The molecule has 0 aliphatic heterocycles. The van der Waals surface area contributed by atoms with Crippen LogP contribution >= 0.6 is 11.8 Å². The predicted octanol–water partition coefficient (Wildman–Crippen LogP) is 1.55. The first-order valence-corrected chi connectivity index (χ1v) is 6.79. The molecule has 0 aromatic carbocycles. The number of carbonyl (C=O) groups excluding carboxylic acids is 1. The van der Waals surface area contributed by atoms with Gasteiger partial charge in [0.25, 0.3) is 5.91 Å². The number of hydrogen-bond acceptors (Lipinski definition) is 4. The van der Waals surface area contributed by atoms with Gasteiger partial charge < -0.3 is 10.4 Å². The smallest absolute Gasteiger partial charge is 0.251 e. The van der Waals surface area contributed by atoms with Crippen molar-refractivity contribution in [2.24, 2.45) is 5.92 Å². The molecule has 1 unspecified atom stereocenters. The van der Waals surface area contributed by atoms with Gasteiger partial charge in [0, 0.05) is 24.9 Å². The Bertz CT molecular complexity index is 371.